The molecule has 0 atom stereocenters. The van der Waals surface area contributed by atoms with E-state index in [1.807, 2.05) is 30.3 Å². The first-order valence-corrected chi connectivity index (χ1v) is 13.3. The Balaban J connectivity index is 1.45. The number of benzene rings is 3. The van der Waals surface area contributed by atoms with E-state index in [0.717, 1.165) is 11.3 Å². The van der Waals surface area contributed by atoms with Gasteiger partial charge in [-0.3, -0.25) is 14.8 Å². The molecule has 1 aromatic heterocycles. The molecule has 11 heteroatoms. The van der Waals surface area contributed by atoms with Crippen molar-refractivity contribution in [3.63, 3.8) is 0 Å². The largest absolute Gasteiger partial charge is 0.296 e. The molecular formula is C22H17ClN4O3S3. The van der Waals surface area contributed by atoms with E-state index in [9.17, 15) is 13.2 Å². The Hall–Kier alpha value is -2.92. The molecule has 33 heavy (non-hydrogen) atoms. The Labute approximate surface area is 204 Å². The van der Waals surface area contributed by atoms with Crippen molar-refractivity contribution in [2.24, 2.45) is 0 Å². The van der Waals surface area contributed by atoms with Crippen molar-refractivity contribution in [3.05, 3.63) is 95.0 Å². The van der Waals surface area contributed by atoms with Crippen molar-refractivity contribution >= 4 is 61.4 Å². The molecule has 2 N–H and O–H groups in total. The van der Waals surface area contributed by atoms with Gasteiger partial charge < -0.3 is 0 Å². The van der Waals surface area contributed by atoms with Crippen LogP contribution in [0.2, 0.25) is 5.02 Å². The summed E-state index contributed by atoms with van der Waals surface area (Å²) < 4.78 is 28.8. The fourth-order valence-corrected chi connectivity index (χ4v) is 6.06. The summed E-state index contributed by atoms with van der Waals surface area (Å²) >= 11 is 8.88. The number of carbonyl (C=O) groups is 1. The highest BCUT2D eigenvalue weighted by atomic mass is 35.5. The van der Waals surface area contributed by atoms with Gasteiger partial charge in [0.25, 0.3) is 15.9 Å². The second-order valence-corrected chi connectivity index (χ2v) is 11.0. The standard InChI is InChI=1S/C22H17ClN4O3S3/c23-18-12-11-16(13-19(18)33(29,30)27-17-9-5-2-6-10-17)20(28)24-21-25-26-22(32-21)31-14-15-7-3-1-4-8-15/h1-13,27H,14H2,(H,24,25,28). The lowest BCUT2D eigenvalue weighted by Crippen LogP contribution is -2.16. The van der Waals surface area contributed by atoms with E-state index in [1.54, 1.807) is 30.3 Å². The van der Waals surface area contributed by atoms with Crippen LogP contribution in [0.15, 0.2) is 88.1 Å². The lowest BCUT2D eigenvalue weighted by atomic mass is 10.2. The number of amides is 1. The lowest BCUT2D eigenvalue weighted by molar-refractivity contribution is 0.102. The summed E-state index contributed by atoms with van der Waals surface area (Å²) in [5.74, 6) is 0.217. The average molecular weight is 517 g/mol. The summed E-state index contributed by atoms with van der Waals surface area (Å²) in [4.78, 5) is 12.5. The van der Waals surface area contributed by atoms with Gasteiger partial charge in [0.05, 0.1) is 5.02 Å². The van der Waals surface area contributed by atoms with Gasteiger partial charge in [-0.25, -0.2) is 8.42 Å². The van der Waals surface area contributed by atoms with Gasteiger partial charge in [-0.15, -0.1) is 10.2 Å². The van der Waals surface area contributed by atoms with Crippen molar-refractivity contribution in [2.75, 3.05) is 10.0 Å². The number of halogens is 1. The third kappa shape index (κ3) is 6.11. The smallest absolute Gasteiger partial charge is 0.263 e. The van der Waals surface area contributed by atoms with Crippen LogP contribution in [0.1, 0.15) is 15.9 Å². The first-order valence-electron chi connectivity index (χ1n) is 9.60. The summed E-state index contributed by atoms with van der Waals surface area (Å²) in [6.45, 7) is 0. The monoisotopic (exact) mass is 516 g/mol. The van der Waals surface area contributed by atoms with Gasteiger partial charge >= 0.3 is 0 Å². The number of aromatic nitrogens is 2. The maximum Gasteiger partial charge on any atom is 0.263 e. The van der Waals surface area contributed by atoms with E-state index in [-0.39, 0.29) is 15.5 Å². The molecule has 7 nitrogen and oxygen atoms in total. The van der Waals surface area contributed by atoms with Crippen LogP contribution in [0, 0.1) is 0 Å². The minimum Gasteiger partial charge on any atom is -0.296 e. The molecule has 0 radical (unpaired) electrons. The highest BCUT2D eigenvalue weighted by Gasteiger charge is 2.21. The Bertz CT molecular complexity index is 1360. The fraction of sp³-hybridized carbons (Fsp3) is 0.0455. The third-order valence-corrected chi connectivity index (χ3v) is 8.25. The summed E-state index contributed by atoms with van der Waals surface area (Å²) in [5.41, 5.74) is 1.67. The zero-order chi connectivity index (χ0) is 23.3. The van der Waals surface area contributed by atoms with Crippen LogP contribution < -0.4 is 10.0 Å². The van der Waals surface area contributed by atoms with Crippen molar-refractivity contribution in [2.45, 2.75) is 15.0 Å². The van der Waals surface area contributed by atoms with Crippen LogP contribution in [0.5, 0.6) is 0 Å². The third-order valence-electron chi connectivity index (χ3n) is 4.34. The molecular weight excluding hydrogens is 500 g/mol. The molecule has 4 aromatic rings. The Morgan fingerprint density at radius 1 is 0.970 bits per heavy atom. The van der Waals surface area contributed by atoms with E-state index in [2.05, 4.69) is 20.2 Å². The number of anilines is 2. The molecule has 0 unspecified atom stereocenters. The minimum atomic E-state index is -3.99. The summed E-state index contributed by atoms with van der Waals surface area (Å²) in [5, 5.41) is 11.1. The van der Waals surface area contributed by atoms with Crippen LogP contribution >= 0.6 is 34.7 Å². The van der Waals surface area contributed by atoms with Crippen molar-refractivity contribution in [3.8, 4) is 0 Å². The maximum absolute atomic E-state index is 12.8. The van der Waals surface area contributed by atoms with Gasteiger partial charge in [0.1, 0.15) is 4.90 Å². The second kappa shape index (κ2) is 10.3. The number of rotatable bonds is 8. The molecule has 0 aliphatic rings. The van der Waals surface area contributed by atoms with E-state index in [0.29, 0.717) is 15.2 Å². The lowest BCUT2D eigenvalue weighted by Gasteiger charge is -2.11. The topological polar surface area (TPSA) is 101 Å². The molecule has 4 rings (SSSR count). The number of nitrogens with zero attached hydrogens (tertiary/aromatic N) is 2. The normalized spacial score (nSPS) is 11.2. The zero-order valence-electron chi connectivity index (χ0n) is 16.9. The van der Waals surface area contributed by atoms with Crippen LogP contribution in [-0.2, 0) is 15.8 Å². The predicted octanol–water partition coefficient (Wildman–Crippen LogP) is 5.54. The van der Waals surface area contributed by atoms with Crippen LogP contribution in [0.4, 0.5) is 10.8 Å². The number of hydrogen-bond acceptors (Lipinski definition) is 7. The highest BCUT2D eigenvalue weighted by molar-refractivity contribution is 8.00. The number of thioether (sulfide) groups is 1. The zero-order valence-corrected chi connectivity index (χ0v) is 20.1. The first-order chi connectivity index (χ1) is 15.9. The summed E-state index contributed by atoms with van der Waals surface area (Å²) in [6.07, 6.45) is 0. The van der Waals surface area contributed by atoms with E-state index in [4.69, 9.17) is 11.6 Å². The highest BCUT2D eigenvalue weighted by Crippen LogP contribution is 2.29. The number of hydrogen-bond donors (Lipinski definition) is 2. The van der Waals surface area contributed by atoms with Gasteiger partial charge in [0, 0.05) is 17.0 Å². The SMILES string of the molecule is O=C(Nc1nnc(SCc2ccccc2)s1)c1ccc(Cl)c(S(=O)(=O)Nc2ccccc2)c1. The number of nitrogens with one attached hydrogen (secondary N) is 2. The number of carbonyl (C=O) groups excluding carboxylic acids is 1. The van der Waals surface area contributed by atoms with Gasteiger partial charge in [0.2, 0.25) is 5.13 Å². The molecule has 1 amide bonds. The van der Waals surface area contributed by atoms with Crippen molar-refractivity contribution in [1.82, 2.24) is 10.2 Å². The molecule has 0 fully saturated rings. The molecule has 3 aromatic carbocycles. The molecule has 0 aliphatic heterocycles. The summed E-state index contributed by atoms with van der Waals surface area (Å²) in [7, 11) is -3.99. The molecule has 1 heterocycles. The second-order valence-electron chi connectivity index (χ2n) is 6.72. The van der Waals surface area contributed by atoms with Gasteiger partial charge in [-0.2, -0.15) is 0 Å². The van der Waals surface area contributed by atoms with Gasteiger partial charge in [0.15, 0.2) is 4.34 Å². The molecule has 0 saturated carbocycles. The molecule has 0 spiro atoms. The average Bonchev–Trinajstić information content (AvgIpc) is 3.26. The molecule has 0 saturated heterocycles. The van der Waals surface area contributed by atoms with E-state index >= 15 is 0 Å². The van der Waals surface area contributed by atoms with Gasteiger partial charge in [-0.1, -0.05) is 83.2 Å². The van der Waals surface area contributed by atoms with Crippen molar-refractivity contribution in [1.29, 1.82) is 0 Å². The van der Waals surface area contributed by atoms with Crippen LogP contribution in [-0.4, -0.2) is 24.5 Å². The van der Waals surface area contributed by atoms with Crippen LogP contribution in [0.3, 0.4) is 0 Å². The Morgan fingerprint density at radius 2 is 1.67 bits per heavy atom. The maximum atomic E-state index is 12.8. The van der Waals surface area contributed by atoms with E-state index in [1.165, 1.54) is 41.3 Å². The molecule has 0 bridgehead atoms. The molecule has 0 aliphatic carbocycles. The van der Waals surface area contributed by atoms with Crippen molar-refractivity contribution < 1.29 is 13.2 Å². The number of para-hydroxylation sites is 1. The quantitative estimate of drug-likeness (QED) is 0.235. The fourth-order valence-electron chi connectivity index (χ4n) is 2.77. The van der Waals surface area contributed by atoms with Crippen LogP contribution in [0.25, 0.3) is 0 Å². The van der Waals surface area contributed by atoms with Gasteiger partial charge in [-0.05, 0) is 35.9 Å². The minimum absolute atomic E-state index is 0.00509. The van der Waals surface area contributed by atoms with E-state index < -0.39 is 15.9 Å². The Morgan fingerprint density at radius 3 is 2.39 bits per heavy atom. The first kappa shape index (κ1) is 23.2. The summed E-state index contributed by atoms with van der Waals surface area (Å²) in [6, 6.07) is 22.4. The Kier molecular flexibility index (Phi) is 7.29. The predicted molar refractivity (Wildman–Crippen MR) is 133 cm³/mol. The number of sulfonamides is 1. The molecule has 168 valence electrons.